The van der Waals surface area contributed by atoms with Gasteiger partial charge in [0, 0.05) is 13.0 Å². The van der Waals surface area contributed by atoms with Gasteiger partial charge in [0.05, 0.1) is 5.75 Å². The average molecular weight is 279 g/mol. The van der Waals surface area contributed by atoms with Crippen LogP contribution in [0.25, 0.3) is 0 Å². The van der Waals surface area contributed by atoms with Gasteiger partial charge in [-0.3, -0.25) is 4.79 Å². The Kier molecular flexibility index (Phi) is 4.62. The number of hydrogen-bond donors (Lipinski definition) is 3. The number of nitrogens with one attached hydrogen (secondary N) is 1. The van der Waals surface area contributed by atoms with Crippen LogP contribution in [-0.2, 0) is 24.4 Å². The SMILES string of the molecule is NS(=O)(=O)CCCNC(=O)C1CC(C(=O)O)=NO1. The average Bonchev–Trinajstić information content (AvgIpc) is 2.72. The highest BCUT2D eigenvalue weighted by molar-refractivity contribution is 7.89. The van der Waals surface area contributed by atoms with Gasteiger partial charge in [-0.2, -0.15) is 0 Å². The van der Waals surface area contributed by atoms with Gasteiger partial charge >= 0.3 is 5.97 Å². The second kappa shape index (κ2) is 5.78. The standard InChI is InChI=1S/C8H13N3O6S/c9-18(15,16)3-1-2-10-7(12)6-4-5(8(13)14)11-17-6/h6H,1-4H2,(H,10,12)(H,13,14)(H2,9,15,16). The number of sulfonamides is 1. The molecule has 0 fully saturated rings. The topological polar surface area (TPSA) is 148 Å². The van der Waals surface area contributed by atoms with Crippen LogP contribution in [-0.4, -0.2) is 49.5 Å². The molecular formula is C8H13N3O6S. The molecular weight excluding hydrogens is 266 g/mol. The van der Waals surface area contributed by atoms with E-state index >= 15 is 0 Å². The smallest absolute Gasteiger partial charge is 0.353 e. The molecule has 0 bridgehead atoms. The monoisotopic (exact) mass is 279 g/mol. The zero-order valence-corrected chi connectivity index (χ0v) is 10.1. The van der Waals surface area contributed by atoms with E-state index in [-0.39, 0.29) is 30.9 Å². The second-order valence-electron chi connectivity index (χ2n) is 3.65. The summed E-state index contributed by atoms with van der Waals surface area (Å²) < 4.78 is 21.2. The summed E-state index contributed by atoms with van der Waals surface area (Å²) in [6, 6.07) is 0. The lowest BCUT2D eigenvalue weighted by atomic mass is 10.2. The minimum atomic E-state index is -3.54. The number of aliphatic carboxylic acids is 1. The molecule has 1 unspecified atom stereocenters. The highest BCUT2D eigenvalue weighted by Gasteiger charge is 2.31. The predicted octanol–water partition coefficient (Wildman–Crippen LogP) is -1.99. The number of amides is 1. The van der Waals surface area contributed by atoms with E-state index in [4.69, 9.17) is 10.2 Å². The molecule has 0 spiro atoms. The summed E-state index contributed by atoms with van der Waals surface area (Å²) in [5.74, 6) is -2.01. The van der Waals surface area contributed by atoms with E-state index in [0.29, 0.717) is 0 Å². The third-order valence-electron chi connectivity index (χ3n) is 2.11. The third kappa shape index (κ3) is 4.67. The molecule has 0 saturated carbocycles. The van der Waals surface area contributed by atoms with E-state index in [9.17, 15) is 18.0 Å². The summed E-state index contributed by atoms with van der Waals surface area (Å²) in [5.41, 5.74) is -0.223. The molecule has 0 aromatic rings. The summed E-state index contributed by atoms with van der Waals surface area (Å²) in [6.45, 7) is 0.109. The highest BCUT2D eigenvalue weighted by Crippen LogP contribution is 2.10. The maximum Gasteiger partial charge on any atom is 0.353 e. The minimum Gasteiger partial charge on any atom is -0.477 e. The summed E-state index contributed by atoms with van der Waals surface area (Å²) >= 11 is 0. The van der Waals surface area contributed by atoms with E-state index in [1.165, 1.54) is 0 Å². The maximum atomic E-state index is 11.5. The van der Waals surface area contributed by atoms with Gasteiger partial charge in [-0.1, -0.05) is 5.16 Å². The molecule has 4 N–H and O–H groups in total. The summed E-state index contributed by atoms with van der Waals surface area (Å²) in [4.78, 5) is 26.6. The fraction of sp³-hybridized carbons (Fsp3) is 0.625. The van der Waals surface area contributed by atoms with Crippen LogP contribution in [0.1, 0.15) is 12.8 Å². The molecule has 0 radical (unpaired) electrons. The van der Waals surface area contributed by atoms with Crippen molar-refractivity contribution in [2.75, 3.05) is 12.3 Å². The van der Waals surface area contributed by atoms with Gasteiger partial charge in [-0.25, -0.2) is 18.4 Å². The van der Waals surface area contributed by atoms with Crippen LogP contribution in [0.4, 0.5) is 0 Å². The van der Waals surface area contributed by atoms with Crippen molar-refractivity contribution >= 4 is 27.6 Å². The molecule has 102 valence electrons. The van der Waals surface area contributed by atoms with Gasteiger partial charge < -0.3 is 15.3 Å². The molecule has 0 aromatic carbocycles. The number of carboxylic acid groups (broad SMARTS) is 1. The van der Waals surface area contributed by atoms with Crippen LogP contribution in [0.5, 0.6) is 0 Å². The Hall–Kier alpha value is -1.68. The van der Waals surface area contributed by atoms with Crippen molar-refractivity contribution in [2.45, 2.75) is 18.9 Å². The Labute approximate surface area is 103 Å². The van der Waals surface area contributed by atoms with Crippen LogP contribution in [0.2, 0.25) is 0 Å². The molecule has 0 aliphatic carbocycles. The third-order valence-corrected chi connectivity index (χ3v) is 2.97. The summed E-state index contributed by atoms with van der Waals surface area (Å²) in [7, 11) is -3.54. The van der Waals surface area contributed by atoms with Crippen molar-refractivity contribution in [3.8, 4) is 0 Å². The maximum absolute atomic E-state index is 11.5. The van der Waals surface area contributed by atoms with Crippen molar-refractivity contribution in [1.29, 1.82) is 0 Å². The number of carbonyl (C=O) groups is 2. The number of primary sulfonamides is 1. The van der Waals surface area contributed by atoms with Crippen LogP contribution < -0.4 is 10.5 Å². The molecule has 1 rings (SSSR count). The quantitative estimate of drug-likeness (QED) is 0.479. The van der Waals surface area contributed by atoms with Crippen LogP contribution in [0.15, 0.2) is 5.16 Å². The molecule has 9 nitrogen and oxygen atoms in total. The van der Waals surface area contributed by atoms with Crippen molar-refractivity contribution < 1.29 is 28.0 Å². The van der Waals surface area contributed by atoms with Gasteiger partial charge in [0.25, 0.3) is 5.91 Å². The molecule has 1 atom stereocenters. The molecule has 1 aliphatic rings. The van der Waals surface area contributed by atoms with E-state index in [2.05, 4.69) is 15.3 Å². The Balaban J connectivity index is 2.26. The van der Waals surface area contributed by atoms with Crippen LogP contribution in [0, 0.1) is 0 Å². The highest BCUT2D eigenvalue weighted by atomic mass is 32.2. The fourth-order valence-electron chi connectivity index (χ4n) is 1.24. The lowest BCUT2D eigenvalue weighted by Crippen LogP contribution is -2.36. The predicted molar refractivity (Wildman–Crippen MR) is 60.2 cm³/mol. The van der Waals surface area contributed by atoms with Crippen LogP contribution >= 0.6 is 0 Å². The molecule has 18 heavy (non-hydrogen) atoms. The molecule has 10 heteroatoms. The zero-order valence-electron chi connectivity index (χ0n) is 9.33. The molecule has 1 aliphatic heterocycles. The largest absolute Gasteiger partial charge is 0.477 e. The second-order valence-corrected chi connectivity index (χ2v) is 5.39. The molecule has 0 aromatic heterocycles. The number of rotatable bonds is 6. The normalized spacial score (nSPS) is 18.9. The lowest BCUT2D eigenvalue weighted by molar-refractivity contribution is -0.131. The first kappa shape index (κ1) is 14.4. The first-order valence-corrected chi connectivity index (χ1v) is 6.75. The Morgan fingerprint density at radius 1 is 1.56 bits per heavy atom. The van der Waals surface area contributed by atoms with Crippen molar-refractivity contribution in [1.82, 2.24) is 5.32 Å². The number of nitrogens with two attached hydrogens (primary N) is 1. The number of hydrogen-bond acceptors (Lipinski definition) is 6. The van der Waals surface area contributed by atoms with Gasteiger partial charge in [-0.05, 0) is 6.42 Å². The van der Waals surface area contributed by atoms with Gasteiger partial charge in [0.2, 0.25) is 16.1 Å². The van der Waals surface area contributed by atoms with Crippen molar-refractivity contribution in [3.63, 3.8) is 0 Å². The number of carboxylic acids is 1. The van der Waals surface area contributed by atoms with Crippen molar-refractivity contribution in [3.05, 3.63) is 0 Å². The zero-order chi connectivity index (χ0) is 13.8. The number of oxime groups is 1. The first-order chi connectivity index (χ1) is 8.29. The Bertz CT molecular complexity index is 471. The first-order valence-electron chi connectivity index (χ1n) is 5.04. The van der Waals surface area contributed by atoms with E-state index in [0.717, 1.165) is 0 Å². The molecule has 0 saturated heterocycles. The Morgan fingerprint density at radius 2 is 2.22 bits per heavy atom. The van der Waals surface area contributed by atoms with Crippen LogP contribution in [0.3, 0.4) is 0 Å². The number of nitrogens with zero attached hydrogens (tertiary/aromatic N) is 1. The number of carbonyl (C=O) groups excluding carboxylic acids is 1. The van der Waals surface area contributed by atoms with Gasteiger partial charge in [-0.15, -0.1) is 0 Å². The van der Waals surface area contributed by atoms with Gasteiger partial charge in [0.15, 0.2) is 5.71 Å². The lowest BCUT2D eigenvalue weighted by Gasteiger charge is -2.08. The van der Waals surface area contributed by atoms with E-state index < -0.39 is 28.0 Å². The molecule has 1 heterocycles. The van der Waals surface area contributed by atoms with E-state index in [1.807, 2.05) is 0 Å². The Morgan fingerprint density at radius 3 is 2.72 bits per heavy atom. The summed E-state index contributed by atoms with van der Waals surface area (Å²) in [5, 5.41) is 19.0. The van der Waals surface area contributed by atoms with Gasteiger partial charge in [0.1, 0.15) is 0 Å². The molecule has 1 amide bonds. The van der Waals surface area contributed by atoms with E-state index in [1.54, 1.807) is 0 Å². The van der Waals surface area contributed by atoms with Crippen molar-refractivity contribution in [2.24, 2.45) is 10.3 Å². The summed E-state index contributed by atoms with van der Waals surface area (Å²) in [6.07, 6.45) is -0.925. The fourth-order valence-corrected chi connectivity index (χ4v) is 1.79. The minimum absolute atomic E-state index is 0.109.